The largest absolute Gasteiger partial charge is 0.486 e. The van der Waals surface area contributed by atoms with E-state index >= 15 is 0 Å². The lowest BCUT2D eigenvalue weighted by Crippen LogP contribution is -2.33. The summed E-state index contributed by atoms with van der Waals surface area (Å²) in [6.07, 6.45) is 2.79. The molecule has 0 bridgehead atoms. The molecule has 1 fully saturated rings. The van der Waals surface area contributed by atoms with Crippen molar-refractivity contribution in [1.82, 2.24) is 15.2 Å². The summed E-state index contributed by atoms with van der Waals surface area (Å²) < 4.78 is 11.0. The second kappa shape index (κ2) is 8.85. The fourth-order valence-electron chi connectivity index (χ4n) is 4.18. The summed E-state index contributed by atoms with van der Waals surface area (Å²) in [4.78, 5) is 41.9. The van der Waals surface area contributed by atoms with Crippen LogP contribution in [0.25, 0.3) is 10.9 Å². The number of benzene rings is 2. The zero-order valence-electron chi connectivity index (χ0n) is 17.9. The number of carbonyl (C=O) groups is 3. The first-order valence-corrected chi connectivity index (χ1v) is 10.9. The SMILES string of the molecule is O=C(CCC1NC(=O)N(CCc2c[nH]c3ccccc23)C1=O)Nc1ccc2c(c1)OCCO2. The van der Waals surface area contributed by atoms with Crippen LogP contribution in [-0.2, 0) is 16.0 Å². The number of nitrogens with zero attached hydrogens (tertiary/aromatic N) is 1. The van der Waals surface area contributed by atoms with Gasteiger partial charge in [-0.15, -0.1) is 0 Å². The van der Waals surface area contributed by atoms with Crippen LogP contribution in [0.3, 0.4) is 0 Å². The summed E-state index contributed by atoms with van der Waals surface area (Å²) in [6, 6.07) is 12.0. The van der Waals surface area contributed by atoms with E-state index in [4.69, 9.17) is 9.47 Å². The van der Waals surface area contributed by atoms with Crippen molar-refractivity contribution < 1.29 is 23.9 Å². The van der Waals surface area contributed by atoms with E-state index in [1.54, 1.807) is 18.2 Å². The molecule has 0 spiro atoms. The fraction of sp³-hybridized carbons (Fsp3) is 0.292. The van der Waals surface area contributed by atoms with Crippen molar-refractivity contribution in [2.75, 3.05) is 25.1 Å². The lowest BCUT2D eigenvalue weighted by molar-refractivity contribution is -0.127. The minimum absolute atomic E-state index is 0.0986. The Kier molecular flexibility index (Phi) is 5.60. The highest BCUT2D eigenvalue weighted by atomic mass is 16.6. The quantitative estimate of drug-likeness (QED) is 0.481. The van der Waals surface area contributed by atoms with Crippen molar-refractivity contribution in [2.45, 2.75) is 25.3 Å². The molecular weight excluding hydrogens is 424 g/mol. The molecule has 5 rings (SSSR count). The van der Waals surface area contributed by atoms with E-state index in [-0.39, 0.29) is 31.2 Å². The van der Waals surface area contributed by atoms with E-state index in [1.165, 1.54) is 4.90 Å². The molecule has 9 heteroatoms. The van der Waals surface area contributed by atoms with Crippen molar-refractivity contribution in [2.24, 2.45) is 0 Å². The number of ether oxygens (including phenoxy) is 2. The first-order chi connectivity index (χ1) is 16.1. The maximum absolute atomic E-state index is 12.7. The van der Waals surface area contributed by atoms with Gasteiger partial charge in [-0.25, -0.2) is 4.79 Å². The van der Waals surface area contributed by atoms with Crippen LogP contribution in [0.4, 0.5) is 10.5 Å². The van der Waals surface area contributed by atoms with E-state index < -0.39 is 12.1 Å². The summed E-state index contributed by atoms with van der Waals surface area (Å²) >= 11 is 0. The Morgan fingerprint density at radius 1 is 1.09 bits per heavy atom. The van der Waals surface area contributed by atoms with Gasteiger partial charge in [0.25, 0.3) is 5.91 Å². The van der Waals surface area contributed by atoms with Crippen molar-refractivity contribution in [3.63, 3.8) is 0 Å². The number of aromatic nitrogens is 1. The van der Waals surface area contributed by atoms with Crippen molar-refractivity contribution >= 4 is 34.4 Å². The number of anilines is 1. The van der Waals surface area contributed by atoms with E-state index in [9.17, 15) is 14.4 Å². The number of hydrogen-bond donors (Lipinski definition) is 3. The topological polar surface area (TPSA) is 113 Å². The second-order valence-electron chi connectivity index (χ2n) is 8.05. The number of urea groups is 1. The van der Waals surface area contributed by atoms with Crippen molar-refractivity contribution in [3.8, 4) is 11.5 Å². The highest BCUT2D eigenvalue weighted by Gasteiger charge is 2.37. The number of aromatic amines is 1. The standard InChI is InChI=1S/C24H24N4O5/c29-22(26-16-5-7-20-21(13-16)33-12-11-32-20)8-6-19-23(30)28(24(31)27-19)10-9-15-14-25-18-4-2-1-3-17(15)18/h1-5,7,13-14,19,25H,6,8-12H2,(H,26,29)(H,27,31). The number of rotatable bonds is 7. The normalized spacial score (nSPS) is 17.3. The van der Waals surface area contributed by atoms with Crippen molar-refractivity contribution in [1.29, 1.82) is 0 Å². The molecule has 1 aromatic heterocycles. The molecule has 0 aliphatic carbocycles. The molecule has 9 nitrogen and oxygen atoms in total. The number of imide groups is 1. The van der Waals surface area contributed by atoms with Gasteiger partial charge in [-0.2, -0.15) is 0 Å². The number of para-hydroxylation sites is 1. The summed E-state index contributed by atoms with van der Waals surface area (Å²) in [7, 11) is 0. The molecule has 170 valence electrons. The molecule has 2 aromatic carbocycles. The van der Waals surface area contributed by atoms with E-state index in [0.717, 1.165) is 16.5 Å². The number of hydrogen-bond acceptors (Lipinski definition) is 5. The van der Waals surface area contributed by atoms with E-state index in [0.29, 0.717) is 36.8 Å². The van der Waals surface area contributed by atoms with Crippen LogP contribution in [0.2, 0.25) is 0 Å². The number of H-pyrrole nitrogens is 1. The van der Waals surface area contributed by atoms with Crippen LogP contribution in [-0.4, -0.2) is 53.5 Å². The summed E-state index contributed by atoms with van der Waals surface area (Å²) in [5.41, 5.74) is 2.66. The van der Waals surface area contributed by atoms with Gasteiger partial charge in [-0.05, 0) is 36.6 Å². The predicted molar refractivity (Wildman–Crippen MR) is 121 cm³/mol. The maximum Gasteiger partial charge on any atom is 0.324 e. The van der Waals surface area contributed by atoms with Gasteiger partial charge in [-0.3, -0.25) is 14.5 Å². The molecule has 0 radical (unpaired) electrons. The monoisotopic (exact) mass is 448 g/mol. The Hall–Kier alpha value is -4.01. The zero-order valence-corrected chi connectivity index (χ0v) is 17.9. The first kappa shape index (κ1) is 20.9. The molecule has 2 aliphatic heterocycles. The van der Waals surface area contributed by atoms with E-state index in [1.807, 2.05) is 30.5 Å². The zero-order chi connectivity index (χ0) is 22.8. The predicted octanol–water partition coefficient (Wildman–Crippen LogP) is 2.82. The number of carbonyl (C=O) groups excluding carboxylic acids is 3. The third-order valence-electron chi connectivity index (χ3n) is 5.87. The van der Waals surface area contributed by atoms with Gasteiger partial charge in [0.05, 0.1) is 0 Å². The lowest BCUT2D eigenvalue weighted by atomic mass is 10.1. The highest BCUT2D eigenvalue weighted by molar-refractivity contribution is 6.04. The van der Waals surface area contributed by atoms with Gasteiger partial charge in [0, 0.05) is 41.8 Å². The van der Waals surface area contributed by atoms with Gasteiger partial charge in [0.1, 0.15) is 19.3 Å². The van der Waals surface area contributed by atoms with Crippen LogP contribution in [0.15, 0.2) is 48.7 Å². The molecule has 0 saturated carbocycles. The molecule has 3 heterocycles. The molecule has 3 N–H and O–H groups in total. The average molecular weight is 448 g/mol. The Morgan fingerprint density at radius 3 is 2.79 bits per heavy atom. The first-order valence-electron chi connectivity index (χ1n) is 10.9. The maximum atomic E-state index is 12.7. The number of amides is 4. The average Bonchev–Trinajstić information content (AvgIpc) is 3.36. The highest BCUT2D eigenvalue weighted by Crippen LogP contribution is 2.32. The molecule has 2 aliphatic rings. The van der Waals surface area contributed by atoms with E-state index in [2.05, 4.69) is 15.6 Å². The molecule has 4 amide bonds. The van der Waals surface area contributed by atoms with Crippen molar-refractivity contribution in [3.05, 3.63) is 54.2 Å². The smallest absolute Gasteiger partial charge is 0.324 e. The van der Waals surface area contributed by atoms with Crippen LogP contribution < -0.4 is 20.1 Å². The molecule has 1 saturated heterocycles. The van der Waals surface area contributed by atoms with Crippen LogP contribution in [0, 0.1) is 0 Å². The minimum Gasteiger partial charge on any atom is -0.486 e. The Labute approximate surface area is 190 Å². The van der Waals surface area contributed by atoms with Gasteiger partial charge in [0.15, 0.2) is 11.5 Å². The molecular formula is C24H24N4O5. The molecule has 33 heavy (non-hydrogen) atoms. The summed E-state index contributed by atoms with van der Waals surface area (Å²) in [6.45, 7) is 1.25. The Bertz CT molecular complexity index is 1220. The fourth-order valence-corrected chi connectivity index (χ4v) is 4.18. The van der Waals surface area contributed by atoms with Crippen LogP contribution in [0.5, 0.6) is 11.5 Å². The van der Waals surface area contributed by atoms with Crippen LogP contribution in [0.1, 0.15) is 18.4 Å². The Balaban J connectivity index is 1.13. The molecule has 1 atom stereocenters. The lowest BCUT2D eigenvalue weighted by Gasteiger charge is -2.19. The summed E-state index contributed by atoms with van der Waals surface area (Å²) in [5, 5.41) is 6.57. The molecule has 1 unspecified atom stereocenters. The van der Waals surface area contributed by atoms with Crippen LogP contribution >= 0.6 is 0 Å². The van der Waals surface area contributed by atoms with Gasteiger partial charge in [0.2, 0.25) is 5.91 Å². The third kappa shape index (κ3) is 4.34. The number of fused-ring (bicyclic) bond motifs is 2. The third-order valence-corrected chi connectivity index (χ3v) is 5.87. The number of nitrogens with one attached hydrogen (secondary N) is 3. The van der Waals surface area contributed by atoms with Gasteiger partial charge >= 0.3 is 6.03 Å². The minimum atomic E-state index is -0.702. The van der Waals surface area contributed by atoms with Gasteiger partial charge < -0.3 is 25.1 Å². The molecule has 3 aromatic rings. The summed E-state index contributed by atoms with van der Waals surface area (Å²) in [5.74, 6) is 0.687. The van der Waals surface area contributed by atoms with Gasteiger partial charge in [-0.1, -0.05) is 18.2 Å². The Morgan fingerprint density at radius 2 is 1.91 bits per heavy atom. The second-order valence-corrected chi connectivity index (χ2v) is 8.05.